The van der Waals surface area contributed by atoms with Crippen LogP contribution in [0.15, 0.2) is 0 Å². The van der Waals surface area contributed by atoms with Gasteiger partial charge >= 0.3 is 0 Å². The molecule has 0 amide bonds. The van der Waals surface area contributed by atoms with Crippen LogP contribution in [-0.2, 0) is 4.79 Å². The molecule has 0 atom stereocenters. The summed E-state index contributed by atoms with van der Waals surface area (Å²) in [6, 6.07) is 0. The molecular weight excluding hydrogens is 182 g/mol. The first-order valence-electron chi connectivity index (χ1n) is 5.30. The first-order valence-corrected chi connectivity index (χ1v) is 5.30. The van der Waals surface area contributed by atoms with Gasteiger partial charge in [-0.2, -0.15) is 0 Å². The van der Waals surface area contributed by atoms with Gasteiger partial charge in [-0.3, -0.25) is 14.9 Å². The van der Waals surface area contributed by atoms with Crippen LogP contribution in [-0.4, -0.2) is 17.3 Å². The minimum atomic E-state index is -0.371. The lowest BCUT2D eigenvalue weighted by molar-refractivity contribution is -0.480. The van der Waals surface area contributed by atoms with Crippen molar-refractivity contribution in [3.8, 4) is 0 Å². The number of unbranched alkanes of at least 4 members (excludes halogenated alkanes) is 3. The number of carbonyl (C=O) groups excluding carboxylic acids is 1. The lowest BCUT2D eigenvalue weighted by atomic mass is 10.1. The highest BCUT2D eigenvalue weighted by Crippen LogP contribution is 2.05. The number of nitro groups is 1. The van der Waals surface area contributed by atoms with Crippen LogP contribution < -0.4 is 0 Å². The van der Waals surface area contributed by atoms with Crippen molar-refractivity contribution in [2.75, 3.05) is 6.54 Å². The average Bonchev–Trinajstić information content (AvgIpc) is 2.12. The smallest absolute Gasteiger partial charge is 0.204 e. The van der Waals surface area contributed by atoms with E-state index in [1.807, 2.05) is 0 Å². The van der Waals surface area contributed by atoms with E-state index in [0.29, 0.717) is 19.3 Å². The van der Waals surface area contributed by atoms with Crippen molar-refractivity contribution in [2.24, 2.45) is 0 Å². The predicted octanol–water partition coefficient (Wildman–Crippen LogP) is 2.58. The van der Waals surface area contributed by atoms with Crippen LogP contribution in [0, 0.1) is 10.1 Å². The fourth-order valence-electron chi connectivity index (χ4n) is 1.28. The molecule has 14 heavy (non-hydrogen) atoms. The monoisotopic (exact) mass is 201 g/mol. The molecule has 0 saturated carbocycles. The molecule has 0 aliphatic heterocycles. The Bertz CT molecular complexity index is 180. The number of nitrogens with zero attached hydrogens (tertiary/aromatic N) is 1. The van der Waals surface area contributed by atoms with Crippen molar-refractivity contribution in [1.82, 2.24) is 0 Å². The van der Waals surface area contributed by atoms with Gasteiger partial charge in [-0.15, -0.1) is 0 Å². The molecule has 0 N–H and O–H groups in total. The fraction of sp³-hybridized carbons (Fsp3) is 0.900. The van der Waals surface area contributed by atoms with Gasteiger partial charge < -0.3 is 0 Å². The van der Waals surface area contributed by atoms with E-state index in [-0.39, 0.29) is 17.3 Å². The molecule has 0 unspecified atom stereocenters. The van der Waals surface area contributed by atoms with Gasteiger partial charge in [0.2, 0.25) is 6.54 Å². The Kier molecular flexibility index (Phi) is 8.08. The maximum Gasteiger partial charge on any atom is 0.204 e. The fourth-order valence-corrected chi connectivity index (χ4v) is 1.28. The van der Waals surface area contributed by atoms with Gasteiger partial charge in [0.25, 0.3) is 0 Å². The molecule has 0 aliphatic carbocycles. The highest BCUT2D eigenvalue weighted by atomic mass is 16.6. The quantitative estimate of drug-likeness (QED) is 0.327. The third kappa shape index (κ3) is 9.16. The van der Waals surface area contributed by atoms with Gasteiger partial charge in [-0.25, -0.2) is 0 Å². The Balaban J connectivity index is 3.24. The van der Waals surface area contributed by atoms with Crippen LogP contribution >= 0.6 is 0 Å². The second kappa shape index (κ2) is 8.66. The van der Waals surface area contributed by atoms with E-state index < -0.39 is 0 Å². The Hall–Kier alpha value is -0.930. The van der Waals surface area contributed by atoms with Crippen molar-refractivity contribution in [1.29, 1.82) is 0 Å². The van der Waals surface area contributed by atoms with Crippen LogP contribution in [0.4, 0.5) is 0 Å². The van der Waals surface area contributed by atoms with Crippen LogP contribution in [0.5, 0.6) is 0 Å². The zero-order valence-electron chi connectivity index (χ0n) is 8.83. The van der Waals surface area contributed by atoms with Crippen molar-refractivity contribution in [3.63, 3.8) is 0 Å². The largest absolute Gasteiger partial charge is 0.300 e. The second-order valence-corrected chi connectivity index (χ2v) is 3.51. The Morgan fingerprint density at radius 2 is 1.79 bits per heavy atom. The van der Waals surface area contributed by atoms with E-state index in [4.69, 9.17) is 0 Å². The summed E-state index contributed by atoms with van der Waals surface area (Å²) in [6.07, 6.45) is 5.71. The van der Waals surface area contributed by atoms with E-state index >= 15 is 0 Å². The maximum atomic E-state index is 11.2. The molecule has 82 valence electrons. The number of carbonyl (C=O) groups is 1. The summed E-state index contributed by atoms with van der Waals surface area (Å²) >= 11 is 0. The molecule has 0 aromatic heterocycles. The Morgan fingerprint density at radius 1 is 1.14 bits per heavy atom. The minimum Gasteiger partial charge on any atom is -0.300 e. The highest BCUT2D eigenvalue weighted by Gasteiger charge is 2.04. The first kappa shape index (κ1) is 13.1. The topological polar surface area (TPSA) is 60.2 Å². The van der Waals surface area contributed by atoms with E-state index in [1.165, 1.54) is 6.42 Å². The van der Waals surface area contributed by atoms with Crippen LogP contribution in [0.2, 0.25) is 0 Å². The van der Waals surface area contributed by atoms with Gasteiger partial charge in [0, 0.05) is 24.2 Å². The number of Topliss-reactive ketones (excluding diaryl/α,β-unsaturated/α-hetero) is 1. The number of rotatable bonds is 9. The second-order valence-electron chi connectivity index (χ2n) is 3.51. The standard InChI is InChI=1S/C10H19NO3/c1-2-3-4-5-7-10(12)8-6-9-11(13)14/h2-9H2,1H3. The Morgan fingerprint density at radius 3 is 2.36 bits per heavy atom. The zero-order valence-corrected chi connectivity index (χ0v) is 8.83. The molecule has 0 aromatic carbocycles. The highest BCUT2D eigenvalue weighted by molar-refractivity contribution is 5.78. The predicted molar refractivity (Wildman–Crippen MR) is 54.9 cm³/mol. The molecule has 4 heteroatoms. The van der Waals surface area contributed by atoms with Crippen LogP contribution in [0.25, 0.3) is 0 Å². The molecule has 0 saturated heterocycles. The minimum absolute atomic E-state index is 0.0826. The van der Waals surface area contributed by atoms with Gasteiger partial charge in [0.05, 0.1) is 0 Å². The van der Waals surface area contributed by atoms with Crippen LogP contribution in [0.1, 0.15) is 51.9 Å². The molecule has 0 fully saturated rings. The normalized spacial score (nSPS) is 10.1. The van der Waals surface area contributed by atoms with Gasteiger partial charge in [-0.1, -0.05) is 26.2 Å². The Labute approximate surface area is 84.8 Å². The van der Waals surface area contributed by atoms with Gasteiger partial charge in [-0.05, 0) is 6.42 Å². The van der Waals surface area contributed by atoms with E-state index in [2.05, 4.69) is 6.92 Å². The van der Waals surface area contributed by atoms with Crippen molar-refractivity contribution in [3.05, 3.63) is 10.1 Å². The molecule has 0 aromatic rings. The summed E-state index contributed by atoms with van der Waals surface area (Å²) in [6.45, 7) is 2.04. The molecule has 0 heterocycles. The summed E-state index contributed by atoms with van der Waals surface area (Å²) in [5.74, 6) is 0.169. The summed E-state index contributed by atoms with van der Waals surface area (Å²) in [5, 5.41) is 9.97. The average molecular weight is 201 g/mol. The molecule has 0 aliphatic rings. The van der Waals surface area contributed by atoms with Gasteiger partial charge in [0.15, 0.2) is 0 Å². The van der Waals surface area contributed by atoms with E-state index in [0.717, 1.165) is 19.3 Å². The first-order chi connectivity index (χ1) is 6.66. The molecule has 0 rings (SSSR count). The lowest BCUT2D eigenvalue weighted by Gasteiger charge is -1.98. The molecule has 4 nitrogen and oxygen atoms in total. The molecule has 0 spiro atoms. The summed E-state index contributed by atoms with van der Waals surface area (Å²) in [4.78, 5) is 20.8. The van der Waals surface area contributed by atoms with Crippen LogP contribution in [0.3, 0.4) is 0 Å². The summed E-state index contributed by atoms with van der Waals surface area (Å²) in [5.41, 5.74) is 0. The van der Waals surface area contributed by atoms with Gasteiger partial charge in [0.1, 0.15) is 5.78 Å². The maximum absolute atomic E-state index is 11.2. The third-order valence-corrected chi connectivity index (χ3v) is 2.11. The number of ketones is 1. The molecule has 0 radical (unpaired) electrons. The molecular formula is C10H19NO3. The number of hydrogen-bond donors (Lipinski definition) is 0. The van der Waals surface area contributed by atoms with E-state index in [9.17, 15) is 14.9 Å². The van der Waals surface area contributed by atoms with E-state index in [1.54, 1.807) is 0 Å². The molecule has 0 bridgehead atoms. The summed E-state index contributed by atoms with van der Waals surface area (Å²) in [7, 11) is 0. The summed E-state index contributed by atoms with van der Waals surface area (Å²) < 4.78 is 0. The number of hydrogen-bond acceptors (Lipinski definition) is 3. The van der Waals surface area contributed by atoms with Crippen molar-refractivity contribution in [2.45, 2.75) is 51.9 Å². The lowest BCUT2D eigenvalue weighted by Crippen LogP contribution is -2.04. The third-order valence-electron chi connectivity index (χ3n) is 2.11. The SMILES string of the molecule is CCCCCCC(=O)CCC[N+](=O)[O-]. The van der Waals surface area contributed by atoms with Crippen molar-refractivity contribution >= 4 is 5.78 Å². The zero-order chi connectivity index (χ0) is 10.8. The van der Waals surface area contributed by atoms with Crippen molar-refractivity contribution < 1.29 is 9.72 Å².